The molecule has 0 radical (unpaired) electrons. The smallest absolute Gasteiger partial charge is 0.292 e. The van der Waals surface area contributed by atoms with E-state index in [0.29, 0.717) is 5.92 Å². The summed E-state index contributed by atoms with van der Waals surface area (Å²) in [5, 5.41) is 10.7. The molecule has 1 aliphatic carbocycles. The van der Waals surface area contributed by atoms with Crippen LogP contribution in [0.1, 0.15) is 32.6 Å². The maximum absolute atomic E-state index is 12.3. The van der Waals surface area contributed by atoms with Gasteiger partial charge in [-0.3, -0.25) is 10.1 Å². The first-order valence-electron chi connectivity index (χ1n) is 6.87. The zero-order chi connectivity index (χ0) is 15.6. The van der Waals surface area contributed by atoms with Gasteiger partial charge in [0.25, 0.3) is 5.69 Å². The summed E-state index contributed by atoms with van der Waals surface area (Å²) in [5.41, 5.74) is 5.09. The van der Waals surface area contributed by atoms with Gasteiger partial charge in [-0.2, -0.15) is 0 Å². The van der Waals surface area contributed by atoms with Crippen LogP contribution in [0.15, 0.2) is 23.1 Å². The highest BCUT2D eigenvalue weighted by atomic mass is 32.2. The summed E-state index contributed by atoms with van der Waals surface area (Å²) in [6.45, 7) is 1.85. The Balaban J connectivity index is 2.19. The predicted molar refractivity (Wildman–Crippen MR) is 79.3 cm³/mol. The number of hydrogen-bond donors (Lipinski definition) is 2. The molecule has 1 fully saturated rings. The van der Waals surface area contributed by atoms with Gasteiger partial charge in [-0.15, -0.1) is 0 Å². The summed E-state index contributed by atoms with van der Waals surface area (Å²) in [7, 11) is -3.71. The Bertz CT molecular complexity index is 639. The molecular weight excluding hydrogens is 294 g/mol. The first-order chi connectivity index (χ1) is 9.81. The van der Waals surface area contributed by atoms with Gasteiger partial charge in [-0.1, -0.05) is 12.8 Å². The van der Waals surface area contributed by atoms with E-state index in [1.165, 1.54) is 6.07 Å². The van der Waals surface area contributed by atoms with Crippen molar-refractivity contribution < 1.29 is 13.3 Å². The first kappa shape index (κ1) is 15.7. The maximum Gasteiger partial charge on any atom is 0.292 e. The Labute approximate surface area is 123 Å². The van der Waals surface area contributed by atoms with Gasteiger partial charge < -0.3 is 5.73 Å². The number of nitrogens with zero attached hydrogens (tertiary/aromatic N) is 1. The van der Waals surface area contributed by atoms with Gasteiger partial charge in [0.2, 0.25) is 10.0 Å². The van der Waals surface area contributed by atoms with Crippen LogP contribution in [-0.4, -0.2) is 19.4 Å². The van der Waals surface area contributed by atoms with Crippen LogP contribution >= 0.6 is 0 Å². The molecule has 7 nitrogen and oxygen atoms in total. The van der Waals surface area contributed by atoms with Gasteiger partial charge in [-0.05, 0) is 37.8 Å². The van der Waals surface area contributed by atoms with Crippen LogP contribution in [0.5, 0.6) is 0 Å². The number of sulfonamides is 1. The molecule has 1 unspecified atom stereocenters. The molecule has 1 saturated carbocycles. The molecule has 1 aliphatic rings. The molecule has 0 saturated heterocycles. The Morgan fingerprint density at radius 1 is 1.38 bits per heavy atom. The lowest BCUT2D eigenvalue weighted by atomic mass is 10.0. The number of nitro groups is 1. The third kappa shape index (κ3) is 3.51. The quantitative estimate of drug-likeness (QED) is 0.490. The third-order valence-electron chi connectivity index (χ3n) is 3.95. The highest BCUT2D eigenvalue weighted by molar-refractivity contribution is 7.89. The summed E-state index contributed by atoms with van der Waals surface area (Å²) < 4.78 is 27.2. The number of nitro benzene ring substituents is 1. The molecule has 0 heterocycles. The van der Waals surface area contributed by atoms with Crippen molar-refractivity contribution in [3.8, 4) is 0 Å². The number of nitrogen functional groups attached to an aromatic ring is 1. The second-order valence-corrected chi connectivity index (χ2v) is 7.15. The van der Waals surface area contributed by atoms with Crippen molar-refractivity contribution in [2.45, 2.75) is 43.5 Å². The molecule has 2 rings (SSSR count). The summed E-state index contributed by atoms with van der Waals surface area (Å²) in [4.78, 5) is 10.0. The van der Waals surface area contributed by atoms with Crippen LogP contribution in [0.3, 0.4) is 0 Å². The standard InChI is InChI=1S/C13H19N3O4S/c1-9(10-4-2-3-5-10)15-21(19,20)11-6-7-13(16(17)18)12(14)8-11/h6-10,15H,2-5,14H2,1H3. The van der Waals surface area contributed by atoms with Crippen LogP contribution in [0.4, 0.5) is 11.4 Å². The Kier molecular flexibility index (Phi) is 4.48. The van der Waals surface area contributed by atoms with Crippen molar-refractivity contribution >= 4 is 21.4 Å². The molecule has 1 aromatic rings. The van der Waals surface area contributed by atoms with Crippen LogP contribution in [0.25, 0.3) is 0 Å². The summed E-state index contributed by atoms with van der Waals surface area (Å²) >= 11 is 0. The van der Waals surface area contributed by atoms with Crippen molar-refractivity contribution in [1.82, 2.24) is 4.72 Å². The average molecular weight is 313 g/mol. The van der Waals surface area contributed by atoms with E-state index in [0.717, 1.165) is 37.8 Å². The van der Waals surface area contributed by atoms with Gasteiger partial charge in [0.1, 0.15) is 5.69 Å². The second kappa shape index (κ2) is 5.98. The first-order valence-corrected chi connectivity index (χ1v) is 8.36. The minimum atomic E-state index is -3.71. The molecular formula is C13H19N3O4S. The fraction of sp³-hybridized carbons (Fsp3) is 0.538. The molecule has 1 atom stereocenters. The molecule has 8 heteroatoms. The number of nitrogens with two attached hydrogens (primary N) is 1. The predicted octanol–water partition coefficient (Wildman–Crippen LogP) is 2.03. The van der Waals surface area contributed by atoms with E-state index in [-0.39, 0.29) is 22.3 Å². The summed E-state index contributed by atoms with van der Waals surface area (Å²) in [5.74, 6) is 0.343. The van der Waals surface area contributed by atoms with Crippen molar-refractivity contribution in [2.75, 3.05) is 5.73 Å². The molecule has 0 amide bonds. The molecule has 1 aromatic carbocycles. The number of anilines is 1. The SMILES string of the molecule is CC(NS(=O)(=O)c1ccc([N+](=O)[O-])c(N)c1)C1CCCC1. The van der Waals surface area contributed by atoms with E-state index in [1.807, 2.05) is 6.92 Å². The van der Waals surface area contributed by atoms with E-state index < -0.39 is 14.9 Å². The molecule has 21 heavy (non-hydrogen) atoms. The van der Waals surface area contributed by atoms with E-state index in [2.05, 4.69) is 4.72 Å². The summed E-state index contributed by atoms with van der Waals surface area (Å²) in [6, 6.07) is 3.29. The maximum atomic E-state index is 12.3. The van der Waals surface area contributed by atoms with Gasteiger partial charge in [0, 0.05) is 12.1 Å². The number of hydrogen-bond acceptors (Lipinski definition) is 5. The minimum Gasteiger partial charge on any atom is -0.393 e. The van der Waals surface area contributed by atoms with E-state index >= 15 is 0 Å². The molecule has 116 valence electrons. The zero-order valence-electron chi connectivity index (χ0n) is 11.8. The lowest BCUT2D eigenvalue weighted by Crippen LogP contribution is -2.37. The lowest BCUT2D eigenvalue weighted by Gasteiger charge is -2.20. The molecule has 0 bridgehead atoms. The van der Waals surface area contributed by atoms with Crippen molar-refractivity contribution in [1.29, 1.82) is 0 Å². The van der Waals surface area contributed by atoms with Crippen LogP contribution in [0, 0.1) is 16.0 Å². The van der Waals surface area contributed by atoms with E-state index in [1.54, 1.807) is 0 Å². The Morgan fingerprint density at radius 2 is 2.00 bits per heavy atom. The van der Waals surface area contributed by atoms with Crippen molar-refractivity contribution in [3.05, 3.63) is 28.3 Å². The lowest BCUT2D eigenvalue weighted by molar-refractivity contribution is -0.383. The fourth-order valence-electron chi connectivity index (χ4n) is 2.73. The van der Waals surface area contributed by atoms with E-state index in [9.17, 15) is 18.5 Å². The average Bonchev–Trinajstić information content (AvgIpc) is 2.91. The molecule has 0 aliphatic heterocycles. The fourth-order valence-corrected chi connectivity index (χ4v) is 4.08. The van der Waals surface area contributed by atoms with E-state index in [4.69, 9.17) is 5.73 Å². The van der Waals surface area contributed by atoms with Crippen molar-refractivity contribution in [3.63, 3.8) is 0 Å². The Hall–Kier alpha value is -1.67. The van der Waals surface area contributed by atoms with Gasteiger partial charge in [0.15, 0.2) is 0 Å². The molecule has 3 N–H and O–H groups in total. The molecule has 0 spiro atoms. The highest BCUT2D eigenvalue weighted by Gasteiger charge is 2.27. The summed E-state index contributed by atoms with van der Waals surface area (Å²) in [6.07, 6.45) is 4.29. The topological polar surface area (TPSA) is 115 Å². The largest absolute Gasteiger partial charge is 0.393 e. The number of nitrogens with one attached hydrogen (secondary N) is 1. The van der Waals surface area contributed by atoms with Crippen molar-refractivity contribution in [2.24, 2.45) is 5.92 Å². The number of benzene rings is 1. The van der Waals surface area contributed by atoms with Crippen LogP contribution in [0.2, 0.25) is 0 Å². The van der Waals surface area contributed by atoms with Gasteiger partial charge in [0.05, 0.1) is 9.82 Å². The Morgan fingerprint density at radius 3 is 2.52 bits per heavy atom. The highest BCUT2D eigenvalue weighted by Crippen LogP contribution is 2.29. The van der Waals surface area contributed by atoms with Gasteiger partial charge >= 0.3 is 0 Å². The normalized spacial score (nSPS) is 17.8. The van der Waals surface area contributed by atoms with Gasteiger partial charge in [-0.25, -0.2) is 13.1 Å². The van der Waals surface area contributed by atoms with Crippen LogP contribution in [-0.2, 0) is 10.0 Å². The number of rotatable bonds is 5. The van der Waals surface area contributed by atoms with Crippen LogP contribution < -0.4 is 10.5 Å². The second-order valence-electron chi connectivity index (χ2n) is 5.43. The monoisotopic (exact) mass is 313 g/mol. The zero-order valence-corrected chi connectivity index (χ0v) is 12.6. The minimum absolute atomic E-state index is 0.0459. The third-order valence-corrected chi connectivity index (χ3v) is 5.51. The molecule has 0 aromatic heterocycles.